The lowest BCUT2D eigenvalue weighted by Gasteiger charge is -2.09. The molecular weight excluding hydrogens is 216 g/mol. The van der Waals surface area contributed by atoms with Gasteiger partial charge in [0.05, 0.1) is 19.5 Å². The van der Waals surface area contributed by atoms with Crippen LogP contribution in [0.2, 0.25) is 0 Å². The van der Waals surface area contributed by atoms with E-state index in [-0.39, 0.29) is 5.78 Å². The van der Waals surface area contributed by atoms with Gasteiger partial charge < -0.3 is 9.47 Å². The summed E-state index contributed by atoms with van der Waals surface area (Å²) < 4.78 is 10.6. The molecular formula is C14H18O3. The molecule has 0 unspecified atom stereocenters. The minimum absolute atomic E-state index is 0.0685. The summed E-state index contributed by atoms with van der Waals surface area (Å²) in [6, 6.07) is 5.46. The predicted molar refractivity (Wildman–Crippen MR) is 67.4 cm³/mol. The standard InChI is InChI=1S/C14H18O3/c1-4-16-8-5-9-17-14-7-6-13(12(3)15)10-11(14)2/h4,6-7,10H,1,5,8-9H2,2-3H3. The summed E-state index contributed by atoms with van der Waals surface area (Å²) in [7, 11) is 0. The van der Waals surface area contributed by atoms with E-state index in [2.05, 4.69) is 6.58 Å². The quantitative estimate of drug-likeness (QED) is 0.413. The lowest BCUT2D eigenvalue weighted by molar-refractivity contribution is 0.101. The fourth-order valence-corrected chi connectivity index (χ4v) is 1.44. The summed E-state index contributed by atoms with van der Waals surface area (Å²) in [5.41, 5.74) is 1.69. The Morgan fingerprint density at radius 1 is 1.41 bits per heavy atom. The van der Waals surface area contributed by atoms with Crippen LogP contribution in [0.1, 0.15) is 29.3 Å². The highest BCUT2D eigenvalue weighted by Gasteiger charge is 2.04. The van der Waals surface area contributed by atoms with Gasteiger partial charge in [0, 0.05) is 12.0 Å². The van der Waals surface area contributed by atoms with Crippen molar-refractivity contribution < 1.29 is 14.3 Å². The largest absolute Gasteiger partial charge is 0.502 e. The highest BCUT2D eigenvalue weighted by atomic mass is 16.5. The second-order valence-electron chi connectivity index (χ2n) is 3.78. The molecule has 0 bridgehead atoms. The van der Waals surface area contributed by atoms with Crippen molar-refractivity contribution in [1.82, 2.24) is 0 Å². The molecule has 0 aromatic heterocycles. The Morgan fingerprint density at radius 2 is 2.18 bits per heavy atom. The number of ether oxygens (including phenoxy) is 2. The van der Waals surface area contributed by atoms with Gasteiger partial charge in [-0.3, -0.25) is 4.79 Å². The van der Waals surface area contributed by atoms with E-state index in [0.29, 0.717) is 18.8 Å². The second kappa shape index (κ2) is 6.74. The van der Waals surface area contributed by atoms with Gasteiger partial charge in [-0.1, -0.05) is 6.58 Å². The Bertz CT molecular complexity index is 396. The van der Waals surface area contributed by atoms with Gasteiger partial charge in [0.25, 0.3) is 0 Å². The van der Waals surface area contributed by atoms with Crippen molar-refractivity contribution in [3.8, 4) is 5.75 Å². The van der Waals surface area contributed by atoms with Gasteiger partial charge in [0.1, 0.15) is 5.75 Å². The van der Waals surface area contributed by atoms with Crippen LogP contribution >= 0.6 is 0 Å². The summed E-state index contributed by atoms with van der Waals surface area (Å²) in [5.74, 6) is 0.882. The molecule has 0 N–H and O–H groups in total. The Labute approximate surface area is 102 Å². The van der Waals surface area contributed by atoms with Crippen molar-refractivity contribution in [2.24, 2.45) is 0 Å². The number of aryl methyl sites for hydroxylation is 1. The highest BCUT2D eigenvalue weighted by Crippen LogP contribution is 2.19. The number of Topliss-reactive ketones (excluding diaryl/α,β-unsaturated/α-hetero) is 1. The molecule has 17 heavy (non-hydrogen) atoms. The topological polar surface area (TPSA) is 35.5 Å². The van der Waals surface area contributed by atoms with Crippen molar-refractivity contribution >= 4 is 5.78 Å². The van der Waals surface area contributed by atoms with Gasteiger partial charge >= 0.3 is 0 Å². The molecule has 1 rings (SSSR count). The Morgan fingerprint density at radius 3 is 2.76 bits per heavy atom. The first kappa shape index (κ1) is 13.3. The molecule has 1 aromatic rings. The number of ketones is 1. The molecule has 0 saturated heterocycles. The lowest BCUT2D eigenvalue weighted by atomic mass is 10.1. The summed E-state index contributed by atoms with van der Waals surface area (Å²) in [5, 5.41) is 0. The van der Waals surface area contributed by atoms with Crippen LogP contribution < -0.4 is 4.74 Å². The number of benzene rings is 1. The zero-order valence-electron chi connectivity index (χ0n) is 10.4. The minimum Gasteiger partial charge on any atom is -0.502 e. The average Bonchev–Trinajstić information content (AvgIpc) is 2.30. The third kappa shape index (κ3) is 4.31. The number of rotatable bonds is 7. The zero-order chi connectivity index (χ0) is 12.7. The average molecular weight is 234 g/mol. The first-order valence-corrected chi connectivity index (χ1v) is 5.62. The van der Waals surface area contributed by atoms with Gasteiger partial charge in [-0.15, -0.1) is 0 Å². The van der Waals surface area contributed by atoms with Crippen molar-refractivity contribution in [1.29, 1.82) is 0 Å². The van der Waals surface area contributed by atoms with Crippen molar-refractivity contribution in [2.75, 3.05) is 13.2 Å². The van der Waals surface area contributed by atoms with Gasteiger partial charge in [-0.2, -0.15) is 0 Å². The fraction of sp³-hybridized carbons (Fsp3) is 0.357. The van der Waals surface area contributed by atoms with E-state index in [0.717, 1.165) is 17.7 Å². The third-order valence-corrected chi connectivity index (χ3v) is 2.36. The second-order valence-corrected chi connectivity index (χ2v) is 3.78. The Kier molecular flexibility index (Phi) is 5.27. The van der Waals surface area contributed by atoms with E-state index in [1.165, 1.54) is 6.26 Å². The van der Waals surface area contributed by atoms with E-state index >= 15 is 0 Å². The normalized spacial score (nSPS) is 9.76. The molecule has 0 aliphatic heterocycles. The van der Waals surface area contributed by atoms with E-state index in [1.807, 2.05) is 19.1 Å². The number of carbonyl (C=O) groups excluding carboxylic acids is 1. The molecule has 3 heteroatoms. The van der Waals surface area contributed by atoms with Crippen LogP contribution in [0.15, 0.2) is 31.0 Å². The molecule has 3 nitrogen and oxygen atoms in total. The first-order chi connectivity index (χ1) is 8.15. The van der Waals surface area contributed by atoms with Crippen LogP contribution in [-0.2, 0) is 4.74 Å². The van der Waals surface area contributed by atoms with Crippen LogP contribution in [0.3, 0.4) is 0 Å². The third-order valence-electron chi connectivity index (χ3n) is 2.36. The van der Waals surface area contributed by atoms with E-state index in [1.54, 1.807) is 13.0 Å². The smallest absolute Gasteiger partial charge is 0.159 e. The molecule has 0 aliphatic rings. The van der Waals surface area contributed by atoms with Crippen LogP contribution in [0.4, 0.5) is 0 Å². The number of hydrogen-bond donors (Lipinski definition) is 0. The van der Waals surface area contributed by atoms with Crippen LogP contribution in [-0.4, -0.2) is 19.0 Å². The monoisotopic (exact) mass is 234 g/mol. The molecule has 0 amide bonds. The van der Waals surface area contributed by atoms with Gasteiger partial charge in [-0.05, 0) is 37.6 Å². The molecule has 0 aliphatic carbocycles. The molecule has 0 spiro atoms. The zero-order valence-corrected chi connectivity index (χ0v) is 10.4. The van der Waals surface area contributed by atoms with Crippen molar-refractivity contribution in [3.05, 3.63) is 42.2 Å². The maximum atomic E-state index is 11.2. The SMILES string of the molecule is C=COCCCOc1ccc(C(C)=O)cc1C. The summed E-state index contributed by atoms with van der Waals surface area (Å²) >= 11 is 0. The van der Waals surface area contributed by atoms with Crippen molar-refractivity contribution in [2.45, 2.75) is 20.3 Å². The predicted octanol–water partition coefficient (Wildman–Crippen LogP) is 3.13. The summed E-state index contributed by atoms with van der Waals surface area (Å²) in [4.78, 5) is 11.2. The van der Waals surface area contributed by atoms with E-state index in [4.69, 9.17) is 9.47 Å². The molecule has 92 valence electrons. The van der Waals surface area contributed by atoms with Gasteiger partial charge in [-0.25, -0.2) is 0 Å². The van der Waals surface area contributed by atoms with Crippen LogP contribution in [0, 0.1) is 6.92 Å². The molecule has 0 saturated carbocycles. The van der Waals surface area contributed by atoms with Crippen molar-refractivity contribution in [3.63, 3.8) is 0 Å². The Hall–Kier alpha value is -1.77. The first-order valence-electron chi connectivity index (χ1n) is 5.62. The molecule has 0 radical (unpaired) electrons. The van der Waals surface area contributed by atoms with Crippen LogP contribution in [0.5, 0.6) is 5.75 Å². The summed E-state index contributed by atoms with van der Waals surface area (Å²) in [6.07, 6.45) is 2.23. The molecule has 0 fully saturated rings. The summed E-state index contributed by atoms with van der Waals surface area (Å²) in [6.45, 7) is 8.15. The maximum Gasteiger partial charge on any atom is 0.159 e. The van der Waals surface area contributed by atoms with E-state index < -0.39 is 0 Å². The van der Waals surface area contributed by atoms with Gasteiger partial charge in [0.2, 0.25) is 0 Å². The minimum atomic E-state index is 0.0685. The highest BCUT2D eigenvalue weighted by molar-refractivity contribution is 5.94. The molecule has 1 aromatic carbocycles. The fourth-order valence-electron chi connectivity index (χ4n) is 1.44. The number of hydrogen-bond acceptors (Lipinski definition) is 3. The lowest BCUT2D eigenvalue weighted by Crippen LogP contribution is -2.03. The number of carbonyl (C=O) groups is 1. The van der Waals surface area contributed by atoms with Crippen LogP contribution in [0.25, 0.3) is 0 Å². The van der Waals surface area contributed by atoms with Gasteiger partial charge in [0.15, 0.2) is 5.78 Å². The molecule has 0 atom stereocenters. The maximum absolute atomic E-state index is 11.2. The molecule has 0 heterocycles. The Balaban J connectivity index is 2.49. The van der Waals surface area contributed by atoms with E-state index in [9.17, 15) is 4.79 Å².